The molecule has 3 aromatic rings. The number of anilines is 1. The number of hydrogen-bond donors (Lipinski definition) is 4. The van der Waals surface area contributed by atoms with E-state index in [1.807, 2.05) is 36.4 Å². The number of alkyl halides is 3. The summed E-state index contributed by atoms with van der Waals surface area (Å²) in [5.41, 5.74) is 2.49. The van der Waals surface area contributed by atoms with Crippen molar-refractivity contribution in [3.63, 3.8) is 0 Å². The Balaban J connectivity index is 0.000000406. The van der Waals surface area contributed by atoms with Gasteiger partial charge in [-0.15, -0.1) is 0 Å². The summed E-state index contributed by atoms with van der Waals surface area (Å²) in [6.45, 7) is 2.83. The summed E-state index contributed by atoms with van der Waals surface area (Å²) in [6, 6.07) is 11.7. The molecule has 1 amide bonds. The lowest BCUT2D eigenvalue weighted by Gasteiger charge is -2.26. The number of benzene rings is 2. The van der Waals surface area contributed by atoms with E-state index >= 15 is 0 Å². The van der Waals surface area contributed by atoms with Crippen LogP contribution in [0.1, 0.15) is 19.8 Å². The van der Waals surface area contributed by atoms with Crippen LogP contribution >= 0.6 is 23.2 Å². The van der Waals surface area contributed by atoms with Crippen molar-refractivity contribution in [2.45, 2.75) is 32.0 Å². The van der Waals surface area contributed by atoms with E-state index in [1.165, 1.54) is 0 Å². The SMILES string of the molecule is C[C@H]1CC[C@@H](C(=O)Nc2n[nH]c3ccc(-c4c(Cl)cccc4Cl)cc23)CN1.O=C(O)C(F)(F)F. The predicted molar refractivity (Wildman–Crippen MR) is 124 cm³/mol. The minimum atomic E-state index is -5.08. The molecule has 0 spiro atoms. The molecule has 2 heterocycles. The van der Waals surface area contributed by atoms with Crippen molar-refractivity contribution in [3.05, 3.63) is 46.4 Å². The Morgan fingerprint density at radius 1 is 1.15 bits per heavy atom. The summed E-state index contributed by atoms with van der Waals surface area (Å²) < 4.78 is 31.7. The van der Waals surface area contributed by atoms with Crippen LogP contribution in [-0.2, 0) is 9.59 Å². The third kappa shape index (κ3) is 6.19. The van der Waals surface area contributed by atoms with Crippen LogP contribution in [0.3, 0.4) is 0 Å². The molecule has 0 unspecified atom stereocenters. The van der Waals surface area contributed by atoms with Crippen molar-refractivity contribution in [3.8, 4) is 11.1 Å². The second kappa shape index (κ2) is 10.6. The Hall–Kier alpha value is -2.82. The van der Waals surface area contributed by atoms with Crippen LogP contribution in [0.5, 0.6) is 0 Å². The summed E-state index contributed by atoms with van der Waals surface area (Å²) in [5, 5.41) is 22.7. The molecule has 0 saturated carbocycles. The van der Waals surface area contributed by atoms with Crippen LogP contribution in [-0.4, -0.2) is 45.9 Å². The van der Waals surface area contributed by atoms with E-state index in [1.54, 1.807) is 0 Å². The molecular formula is C22H21Cl2F3N4O3. The fourth-order valence-corrected chi connectivity index (χ4v) is 4.10. The van der Waals surface area contributed by atoms with Crippen molar-refractivity contribution >= 4 is 51.8 Å². The summed E-state index contributed by atoms with van der Waals surface area (Å²) in [5.74, 6) is -2.29. The Morgan fingerprint density at radius 2 is 1.79 bits per heavy atom. The van der Waals surface area contributed by atoms with Crippen molar-refractivity contribution in [2.75, 3.05) is 11.9 Å². The van der Waals surface area contributed by atoms with Crippen LogP contribution < -0.4 is 10.6 Å². The van der Waals surface area contributed by atoms with Gasteiger partial charge < -0.3 is 15.7 Å². The fourth-order valence-electron chi connectivity index (χ4n) is 3.48. The zero-order chi connectivity index (χ0) is 25.0. The molecule has 1 fully saturated rings. The second-order valence-corrected chi connectivity index (χ2v) is 8.62. The number of H-pyrrole nitrogens is 1. The monoisotopic (exact) mass is 516 g/mol. The number of carbonyl (C=O) groups is 2. The van der Waals surface area contributed by atoms with Gasteiger partial charge in [-0.1, -0.05) is 35.3 Å². The predicted octanol–water partition coefficient (Wildman–Crippen LogP) is 5.50. The molecule has 2 aromatic carbocycles. The number of aromatic amines is 1. The number of carbonyl (C=O) groups excluding carboxylic acids is 1. The molecule has 0 radical (unpaired) electrons. The molecule has 0 aliphatic carbocycles. The van der Waals surface area contributed by atoms with Crippen molar-refractivity contribution in [1.29, 1.82) is 0 Å². The van der Waals surface area contributed by atoms with Gasteiger partial charge >= 0.3 is 12.1 Å². The van der Waals surface area contributed by atoms with Gasteiger partial charge in [-0.25, -0.2) is 4.79 Å². The Labute approximate surface area is 202 Å². The first-order valence-electron chi connectivity index (χ1n) is 10.2. The van der Waals surface area contributed by atoms with Crippen molar-refractivity contribution in [1.82, 2.24) is 15.5 Å². The first-order chi connectivity index (χ1) is 16.0. The highest BCUT2D eigenvalue weighted by atomic mass is 35.5. The number of nitrogens with zero attached hydrogens (tertiary/aromatic N) is 1. The lowest BCUT2D eigenvalue weighted by Crippen LogP contribution is -2.41. The molecule has 1 saturated heterocycles. The van der Waals surface area contributed by atoms with Gasteiger partial charge in [0.15, 0.2) is 5.82 Å². The molecular weight excluding hydrogens is 496 g/mol. The first kappa shape index (κ1) is 25.8. The number of aromatic nitrogens is 2. The highest BCUT2D eigenvalue weighted by molar-refractivity contribution is 6.39. The Kier molecular flexibility index (Phi) is 8.06. The van der Waals surface area contributed by atoms with Gasteiger partial charge in [0.05, 0.1) is 11.4 Å². The van der Waals surface area contributed by atoms with Gasteiger partial charge in [-0.3, -0.25) is 9.89 Å². The summed E-state index contributed by atoms with van der Waals surface area (Å²) >= 11 is 12.7. The highest BCUT2D eigenvalue weighted by Gasteiger charge is 2.38. The number of halogens is 5. The molecule has 1 aromatic heterocycles. The van der Waals surface area contributed by atoms with Crippen LogP contribution in [0.25, 0.3) is 22.0 Å². The molecule has 4 rings (SSSR count). The normalized spacial score (nSPS) is 18.2. The van der Waals surface area contributed by atoms with E-state index in [-0.39, 0.29) is 11.8 Å². The quantitative estimate of drug-likeness (QED) is 0.367. The smallest absolute Gasteiger partial charge is 0.475 e. The molecule has 4 N–H and O–H groups in total. The fraction of sp³-hybridized carbons (Fsp3) is 0.318. The molecule has 34 heavy (non-hydrogen) atoms. The summed E-state index contributed by atoms with van der Waals surface area (Å²) in [7, 11) is 0. The van der Waals surface area contributed by atoms with Crippen LogP contribution in [0.15, 0.2) is 36.4 Å². The van der Waals surface area contributed by atoms with Crippen LogP contribution in [0, 0.1) is 5.92 Å². The first-order valence-corrected chi connectivity index (χ1v) is 11.0. The number of rotatable bonds is 3. The zero-order valence-electron chi connectivity index (χ0n) is 17.8. The topological polar surface area (TPSA) is 107 Å². The van der Waals surface area contributed by atoms with E-state index in [4.69, 9.17) is 33.1 Å². The molecule has 182 valence electrons. The maximum atomic E-state index is 12.6. The lowest BCUT2D eigenvalue weighted by molar-refractivity contribution is -0.192. The number of hydrogen-bond acceptors (Lipinski definition) is 4. The number of nitrogens with one attached hydrogen (secondary N) is 3. The number of piperidine rings is 1. The van der Waals surface area contributed by atoms with Gasteiger partial charge in [0, 0.05) is 33.6 Å². The summed E-state index contributed by atoms with van der Waals surface area (Å²) in [4.78, 5) is 21.5. The molecule has 0 bridgehead atoms. The number of amides is 1. The largest absolute Gasteiger partial charge is 0.490 e. The summed E-state index contributed by atoms with van der Waals surface area (Å²) in [6.07, 6.45) is -3.21. The number of carboxylic acids is 1. The van der Waals surface area contributed by atoms with E-state index in [0.29, 0.717) is 28.4 Å². The molecule has 1 aliphatic heterocycles. The van der Waals surface area contributed by atoms with Gasteiger partial charge in [0.2, 0.25) is 5.91 Å². The lowest BCUT2D eigenvalue weighted by atomic mass is 9.95. The maximum Gasteiger partial charge on any atom is 0.490 e. The molecule has 2 atom stereocenters. The van der Waals surface area contributed by atoms with Crippen LogP contribution in [0.2, 0.25) is 10.0 Å². The van der Waals surface area contributed by atoms with Crippen LogP contribution in [0.4, 0.5) is 19.0 Å². The number of aliphatic carboxylic acids is 1. The van der Waals surface area contributed by atoms with Crippen molar-refractivity contribution in [2.24, 2.45) is 5.92 Å². The van der Waals surface area contributed by atoms with Gasteiger partial charge in [-0.2, -0.15) is 18.3 Å². The van der Waals surface area contributed by atoms with Gasteiger partial charge in [0.1, 0.15) is 0 Å². The Morgan fingerprint density at radius 3 is 2.35 bits per heavy atom. The third-order valence-corrected chi connectivity index (χ3v) is 5.96. The average Bonchev–Trinajstić information content (AvgIpc) is 3.16. The Bertz CT molecular complexity index is 1170. The zero-order valence-corrected chi connectivity index (χ0v) is 19.4. The number of fused-ring (bicyclic) bond motifs is 1. The molecule has 1 aliphatic rings. The minimum absolute atomic E-state index is 0.0102. The maximum absolute atomic E-state index is 12.6. The highest BCUT2D eigenvalue weighted by Crippen LogP contribution is 2.36. The third-order valence-electron chi connectivity index (χ3n) is 5.33. The van der Waals surface area contributed by atoms with Gasteiger partial charge in [-0.05, 0) is 49.6 Å². The van der Waals surface area contributed by atoms with Crippen molar-refractivity contribution < 1.29 is 27.9 Å². The minimum Gasteiger partial charge on any atom is -0.475 e. The number of carboxylic acid groups (broad SMARTS) is 1. The molecule has 12 heteroatoms. The van der Waals surface area contributed by atoms with E-state index in [0.717, 1.165) is 34.9 Å². The average molecular weight is 517 g/mol. The van der Waals surface area contributed by atoms with E-state index in [9.17, 15) is 18.0 Å². The molecule has 7 nitrogen and oxygen atoms in total. The van der Waals surface area contributed by atoms with E-state index < -0.39 is 12.1 Å². The van der Waals surface area contributed by atoms with Gasteiger partial charge in [0.25, 0.3) is 0 Å². The second-order valence-electron chi connectivity index (χ2n) is 7.80. The standard InChI is InChI=1S/C20H20Cl2N4O.C2HF3O2/c1-11-5-6-13(10-23-11)20(27)24-19-14-9-12(7-8-17(14)25-26-19)18-15(21)3-2-4-16(18)22;3-2(4,5)1(6)7/h2-4,7-9,11,13,23H,5-6,10H2,1H3,(H2,24,25,26,27);(H,6,7)/t11-,13+;/m0./s1. The van der Waals surface area contributed by atoms with E-state index in [2.05, 4.69) is 27.8 Å².